The monoisotopic (exact) mass is 263 g/mol. The Morgan fingerprint density at radius 2 is 1.74 bits per heavy atom. The summed E-state index contributed by atoms with van der Waals surface area (Å²) >= 11 is 0. The van der Waals surface area contributed by atoms with Crippen LogP contribution in [0.3, 0.4) is 0 Å². The molecule has 0 spiro atoms. The lowest BCUT2D eigenvalue weighted by Gasteiger charge is -2.18. The maximum absolute atomic E-state index is 11.5. The summed E-state index contributed by atoms with van der Waals surface area (Å²) in [5.41, 5.74) is 1.67. The molecule has 0 saturated carbocycles. The highest BCUT2D eigenvalue weighted by Crippen LogP contribution is 2.07. The Morgan fingerprint density at radius 3 is 2.26 bits per heavy atom. The largest absolute Gasteiger partial charge is 0.453 e. The Morgan fingerprint density at radius 1 is 1.16 bits per heavy atom. The predicted molar refractivity (Wildman–Crippen MR) is 73.7 cm³/mol. The number of benzene rings is 1. The zero-order valence-electron chi connectivity index (χ0n) is 11.9. The van der Waals surface area contributed by atoms with E-state index in [0.29, 0.717) is 13.0 Å². The van der Waals surface area contributed by atoms with E-state index in [1.807, 2.05) is 31.2 Å². The van der Waals surface area contributed by atoms with E-state index in [1.165, 1.54) is 5.56 Å². The lowest BCUT2D eigenvalue weighted by Crippen LogP contribution is -2.37. The Hall–Kier alpha value is -1.84. The highest BCUT2D eigenvalue weighted by atomic mass is 16.6. The van der Waals surface area contributed by atoms with Gasteiger partial charge in [-0.3, -0.25) is 4.79 Å². The molecule has 1 rings (SSSR count). The summed E-state index contributed by atoms with van der Waals surface area (Å²) in [6.07, 6.45) is 0.689. The van der Waals surface area contributed by atoms with E-state index in [2.05, 4.69) is 5.32 Å². The number of carbonyl (C=O) groups is 2. The average molecular weight is 263 g/mol. The van der Waals surface area contributed by atoms with Gasteiger partial charge in [-0.15, -0.1) is 0 Å². The van der Waals surface area contributed by atoms with Crippen molar-refractivity contribution >= 4 is 11.9 Å². The molecule has 1 N–H and O–H groups in total. The van der Waals surface area contributed by atoms with Crippen molar-refractivity contribution in [3.8, 4) is 0 Å². The fourth-order valence-corrected chi connectivity index (χ4v) is 1.47. The second kappa shape index (κ2) is 6.36. The summed E-state index contributed by atoms with van der Waals surface area (Å²) in [7, 11) is 0. The van der Waals surface area contributed by atoms with Gasteiger partial charge in [0, 0.05) is 6.54 Å². The summed E-state index contributed by atoms with van der Waals surface area (Å²) in [6.45, 7) is 7.62. The number of rotatable bonds is 3. The van der Waals surface area contributed by atoms with Crippen molar-refractivity contribution in [3.63, 3.8) is 0 Å². The molecule has 1 aromatic carbocycles. The SMILES string of the molecule is Cc1ccc(CCNC(=O)C(=O)OC(C)(C)C)cc1. The first-order chi connectivity index (χ1) is 8.78. The minimum Gasteiger partial charge on any atom is -0.453 e. The third kappa shape index (κ3) is 6.04. The van der Waals surface area contributed by atoms with Crippen LogP contribution in [0.25, 0.3) is 0 Å². The van der Waals surface area contributed by atoms with Gasteiger partial charge in [-0.2, -0.15) is 0 Å². The van der Waals surface area contributed by atoms with E-state index in [0.717, 1.165) is 5.56 Å². The van der Waals surface area contributed by atoms with E-state index in [-0.39, 0.29) is 0 Å². The van der Waals surface area contributed by atoms with Gasteiger partial charge in [0.15, 0.2) is 0 Å². The van der Waals surface area contributed by atoms with Crippen LogP contribution >= 0.6 is 0 Å². The molecule has 0 heterocycles. The van der Waals surface area contributed by atoms with Crippen LogP contribution in [0.4, 0.5) is 0 Å². The first kappa shape index (κ1) is 15.2. The van der Waals surface area contributed by atoms with E-state index in [9.17, 15) is 9.59 Å². The van der Waals surface area contributed by atoms with E-state index < -0.39 is 17.5 Å². The lowest BCUT2D eigenvalue weighted by atomic mass is 10.1. The molecule has 4 nitrogen and oxygen atoms in total. The molecule has 1 aromatic rings. The van der Waals surface area contributed by atoms with Gasteiger partial charge in [-0.05, 0) is 39.7 Å². The molecule has 0 aliphatic carbocycles. The number of aryl methyl sites for hydroxylation is 1. The van der Waals surface area contributed by atoms with Crippen molar-refractivity contribution in [1.82, 2.24) is 5.32 Å². The minimum absolute atomic E-state index is 0.418. The van der Waals surface area contributed by atoms with E-state index in [1.54, 1.807) is 20.8 Å². The quantitative estimate of drug-likeness (QED) is 0.670. The van der Waals surface area contributed by atoms with E-state index >= 15 is 0 Å². The number of nitrogens with one attached hydrogen (secondary N) is 1. The summed E-state index contributed by atoms with van der Waals surface area (Å²) in [4.78, 5) is 22.9. The predicted octanol–water partition coefficient (Wildman–Crippen LogP) is 2.00. The molecular formula is C15H21NO3. The van der Waals surface area contributed by atoms with Gasteiger partial charge in [-0.25, -0.2) is 4.79 Å². The van der Waals surface area contributed by atoms with Crippen LogP contribution in [0.2, 0.25) is 0 Å². The molecule has 0 aliphatic rings. The first-order valence-corrected chi connectivity index (χ1v) is 6.34. The molecule has 0 aromatic heterocycles. The van der Waals surface area contributed by atoms with Gasteiger partial charge in [0.25, 0.3) is 0 Å². The zero-order chi connectivity index (χ0) is 14.5. The third-order valence-corrected chi connectivity index (χ3v) is 2.40. The molecular weight excluding hydrogens is 242 g/mol. The number of ether oxygens (including phenoxy) is 1. The van der Waals surface area contributed by atoms with Gasteiger partial charge < -0.3 is 10.1 Å². The topological polar surface area (TPSA) is 55.4 Å². The van der Waals surface area contributed by atoms with Gasteiger partial charge in [0.1, 0.15) is 5.60 Å². The molecule has 0 fully saturated rings. The fourth-order valence-electron chi connectivity index (χ4n) is 1.47. The third-order valence-electron chi connectivity index (χ3n) is 2.40. The molecule has 19 heavy (non-hydrogen) atoms. The molecule has 0 unspecified atom stereocenters. The molecule has 1 amide bonds. The normalized spacial score (nSPS) is 10.9. The van der Waals surface area contributed by atoms with Gasteiger partial charge >= 0.3 is 11.9 Å². The molecule has 4 heteroatoms. The number of esters is 1. The van der Waals surface area contributed by atoms with Gasteiger partial charge in [0.2, 0.25) is 0 Å². The number of carbonyl (C=O) groups excluding carboxylic acids is 2. The summed E-state index contributed by atoms with van der Waals surface area (Å²) in [5.74, 6) is -1.53. The highest BCUT2D eigenvalue weighted by molar-refractivity contribution is 6.32. The number of amides is 1. The average Bonchev–Trinajstić information content (AvgIpc) is 2.29. The smallest absolute Gasteiger partial charge is 0.397 e. The maximum atomic E-state index is 11.5. The Labute approximate surface area is 114 Å². The first-order valence-electron chi connectivity index (χ1n) is 6.34. The van der Waals surface area contributed by atoms with Crippen LogP contribution < -0.4 is 5.32 Å². The lowest BCUT2D eigenvalue weighted by molar-refractivity contribution is -0.163. The van der Waals surface area contributed by atoms with Gasteiger partial charge in [0.05, 0.1) is 0 Å². The van der Waals surface area contributed by atoms with E-state index in [4.69, 9.17) is 4.74 Å². The standard InChI is InChI=1S/C15H21NO3/c1-11-5-7-12(8-6-11)9-10-16-13(17)14(18)19-15(2,3)4/h5-8H,9-10H2,1-4H3,(H,16,17). The molecule has 0 bridgehead atoms. The number of hydrogen-bond acceptors (Lipinski definition) is 3. The summed E-state index contributed by atoms with van der Waals surface area (Å²) < 4.78 is 4.97. The minimum atomic E-state index is -0.837. The maximum Gasteiger partial charge on any atom is 0.397 e. The summed E-state index contributed by atoms with van der Waals surface area (Å²) in [5, 5.41) is 2.55. The second-order valence-corrected chi connectivity index (χ2v) is 5.49. The van der Waals surface area contributed by atoms with Crippen LogP contribution in [-0.2, 0) is 20.7 Å². The second-order valence-electron chi connectivity index (χ2n) is 5.49. The Bertz CT molecular complexity index is 443. The summed E-state index contributed by atoms with van der Waals surface area (Å²) in [6, 6.07) is 8.06. The number of hydrogen-bond donors (Lipinski definition) is 1. The van der Waals surface area contributed by atoms with Crippen molar-refractivity contribution in [2.75, 3.05) is 6.54 Å². The van der Waals surface area contributed by atoms with Crippen molar-refractivity contribution in [1.29, 1.82) is 0 Å². The van der Waals surface area contributed by atoms with Crippen LogP contribution in [0, 0.1) is 6.92 Å². The van der Waals surface area contributed by atoms with Crippen molar-refractivity contribution in [3.05, 3.63) is 35.4 Å². The fraction of sp³-hybridized carbons (Fsp3) is 0.467. The zero-order valence-corrected chi connectivity index (χ0v) is 11.9. The van der Waals surface area contributed by atoms with Crippen LogP contribution in [0.15, 0.2) is 24.3 Å². The Balaban J connectivity index is 2.35. The molecule has 0 saturated heterocycles. The van der Waals surface area contributed by atoms with Crippen molar-refractivity contribution in [2.24, 2.45) is 0 Å². The van der Waals surface area contributed by atoms with Crippen molar-refractivity contribution in [2.45, 2.75) is 39.7 Å². The Kier molecular flexibility index (Phi) is 5.10. The molecule has 0 radical (unpaired) electrons. The molecule has 0 atom stereocenters. The van der Waals surface area contributed by atoms with Crippen LogP contribution in [-0.4, -0.2) is 24.0 Å². The van der Waals surface area contributed by atoms with Crippen LogP contribution in [0.1, 0.15) is 31.9 Å². The van der Waals surface area contributed by atoms with Crippen molar-refractivity contribution < 1.29 is 14.3 Å². The van der Waals surface area contributed by atoms with Gasteiger partial charge in [-0.1, -0.05) is 29.8 Å². The highest BCUT2D eigenvalue weighted by Gasteiger charge is 2.22. The molecule has 104 valence electrons. The molecule has 0 aliphatic heterocycles. The van der Waals surface area contributed by atoms with Crippen LogP contribution in [0.5, 0.6) is 0 Å².